The van der Waals surface area contributed by atoms with Gasteiger partial charge in [0.15, 0.2) is 11.6 Å². The maximum Gasteiger partial charge on any atom is 0.408 e. The molecule has 4 atom stereocenters. The summed E-state index contributed by atoms with van der Waals surface area (Å²) >= 11 is 0. The van der Waals surface area contributed by atoms with Crippen molar-refractivity contribution in [3.63, 3.8) is 0 Å². The molecule has 3 aromatic rings. The number of Topliss-reactive ketones (excluding diaryl/α,β-unsaturated/α-hetero) is 2. The molecule has 1 aromatic heterocycles. The van der Waals surface area contributed by atoms with Crippen molar-refractivity contribution in [1.82, 2.24) is 15.6 Å². The number of aromatic amines is 1. The third kappa shape index (κ3) is 6.66. The smallest absolute Gasteiger partial charge is 0.408 e. The molecule has 0 radical (unpaired) electrons. The summed E-state index contributed by atoms with van der Waals surface area (Å²) in [4.78, 5) is 54.5. The van der Waals surface area contributed by atoms with Crippen LogP contribution < -0.4 is 10.6 Å². The molecule has 0 spiro atoms. The molecule has 9 nitrogen and oxygen atoms in total. The number of amides is 2. The van der Waals surface area contributed by atoms with E-state index < -0.39 is 35.6 Å². The van der Waals surface area contributed by atoms with Gasteiger partial charge in [0.05, 0.1) is 18.7 Å². The number of epoxide rings is 1. The maximum absolute atomic E-state index is 13.3. The standard InChI is InChI=1S/C29H33N3O6/c1-18(32-28(36)37-16-20-9-5-4-6-10-20)25(33)14-21(13-22-15-30-24-12-8-7-11-23(22)24)27(35)31-19(2)26(34)29(3)17-38-29/h4-12,15,18-19,21,30H,13-14,16-17H2,1-3H3,(H,31,35)(H,32,36)/t18-,19-,21+,29?/m0/s1. The van der Waals surface area contributed by atoms with Crippen LogP contribution in [0, 0.1) is 5.92 Å². The molecule has 2 heterocycles. The van der Waals surface area contributed by atoms with E-state index in [-0.39, 0.29) is 31.0 Å². The molecule has 0 aliphatic carbocycles. The van der Waals surface area contributed by atoms with Gasteiger partial charge in [0.25, 0.3) is 0 Å². The average Bonchev–Trinajstić information content (AvgIpc) is 3.54. The fourth-order valence-electron chi connectivity index (χ4n) is 4.37. The van der Waals surface area contributed by atoms with Gasteiger partial charge in [-0.25, -0.2) is 4.79 Å². The Bertz CT molecular complexity index is 1310. The van der Waals surface area contributed by atoms with E-state index in [1.807, 2.05) is 60.8 Å². The van der Waals surface area contributed by atoms with Crippen molar-refractivity contribution in [1.29, 1.82) is 0 Å². The van der Waals surface area contributed by atoms with Crippen LogP contribution in [0.1, 0.15) is 38.3 Å². The molecule has 2 amide bonds. The topological polar surface area (TPSA) is 130 Å². The van der Waals surface area contributed by atoms with Gasteiger partial charge in [-0.15, -0.1) is 0 Å². The summed E-state index contributed by atoms with van der Waals surface area (Å²) < 4.78 is 10.4. The first kappa shape index (κ1) is 27.1. The zero-order chi connectivity index (χ0) is 27.3. The summed E-state index contributed by atoms with van der Waals surface area (Å²) in [5.41, 5.74) is 1.76. The maximum atomic E-state index is 13.3. The molecule has 2 aromatic carbocycles. The number of ether oxygens (including phenoxy) is 2. The summed E-state index contributed by atoms with van der Waals surface area (Å²) in [6.07, 6.45) is 1.26. The molecule has 1 aliphatic heterocycles. The van der Waals surface area contributed by atoms with Crippen molar-refractivity contribution in [2.24, 2.45) is 5.92 Å². The first-order valence-corrected chi connectivity index (χ1v) is 12.7. The van der Waals surface area contributed by atoms with Gasteiger partial charge in [0.2, 0.25) is 5.91 Å². The van der Waals surface area contributed by atoms with E-state index in [0.717, 1.165) is 22.0 Å². The Kier molecular flexibility index (Phi) is 8.26. The lowest BCUT2D eigenvalue weighted by molar-refractivity contribution is -0.133. The molecule has 38 heavy (non-hydrogen) atoms. The van der Waals surface area contributed by atoms with Crippen LogP contribution in [0.25, 0.3) is 10.9 Å². The minimum absolute atomic E-state index is 0.0771. The van der Waals surface area contributed by atoms with Crippen LogP contribution in [0.5, 0.6) is 0 Å². The summed E-state index contributed by atoms with van der Waals surface area (Å²) in [6, 6.07) is 15.3. The lowest BCUT2D eigenvalue weighted by Crippen LogP contribution is -2.47. The Balaban J connectivity index is 1.41. The van der Waals surface area contributed by atoms with Crippen LogP contribution in [-0.2, 0) is 36.9 Å². The molecule has 200 valence electrons. The Morgan fingerprint density at radius 1 is 1.00 bits per heavy atom. The molecular formula is C29H33N3O6. The molecule has 0 saturated carbocycles. The number of carbonyl (C=O) groups excluding carboxylic acids is 4. The van der Waals surface area contributed by atoms with Crippen molar-refractivity contribution in [3.8, 4) is 0 Å². The van der Waals surface area contributed by atoms with E-state index in [2.05, 4.69) is 15.6 Å². The van der Waals surface area contributed by atoms with E-state index in [0.29, 0.717) is 6.61 Å². The van der Waals surface area contributed by atoms with Gasteiger partial charge in [0, 0.05) is 29.4 Å². The number of alkyl carbamates (subject to hydrolysis) is 1. The molecular weight excluding hydrogens is 486 g/mol. The largest absolute Gasteiger partial charge is 0.445 e. The first-order chi connectivity index (χ1) is 18.2. The zero-order valence-corrected chi connectivity index (χ0v) is 21.8. The molecule has 3 N–H and O–H groups in total. The number of nitrogens with one attached hydrogen (secondary N) is 3. The number of aromatic nitrogens is 1. The predicted octanol–water partition coefficient (Wildman–Crippen LogP) is 3.46. The number of rotatable bonds is 12. The van der Waals surface area contributed by atoms with Crippen LogP contribution >= 0.6 is 0 Å². The number of fused-ring (bicyclic) bond motifs is 1. The summed E-state index contributed by atoms with van der Waals surface area (Å²) in [5.74, 6) is -1.70. The number of para-hydroxylation sites is 1. The molecule has 1 aliphatic rings. The van der Waals surface area contributed by atoms with E-state index in [1.165, 1.54) is 0 Å². The highest BCUT2D eigenvalue weighted by Gasteiger charge is 2.49. The van der Waals surface area contributed by atoms with Crippen LogP contribution in [0.15, 0.2) is 60.8 Å². The van der Waals surface area contributed by atoms with Crippen molar-refractivity contribution in [2.45, 2.75) is 57.9 Å². The molecule has 1 unspecified atom stereocenters. The van der Waals surface area contributed by atoms with Gasteiger partial charge in [-0.3, -0.25) is 14.4 Å². The minimum Gasteiger partial charge on any atom is -0.445 e. The molecule has 1 fully saturated rings. The summed E-state index contributed by atoms with van der Waals surface area (Å²) in [5, 5.41) is 6.27. The van der Waals surface area contributed by atoms with E-state index >= 15 is 0 Å². The monoisotopic (exact) mass is 519 g/mol. The number of hydrogen-bond donors (Lipinski definition) is 3. The van der Waals surface area contributed by atoms with Gasteiger partial charge in [0.1, 0.15) is 12.2 Å². The highest BCUT2D eigenvalue weighted by Crippen LogP contribution is 2.28. The number of H-pyrrole nitrogens is 1. The quantitative estimate of drug-likeness (QED) is 0.314. The lowest BCUT2D eigenvalue weighted by atomic mass is 9.90. The number of hydrogen-bond acceptors (Lipinski definition) is 6. The van der Waals surface area contributed by atoms with Crippen molar-refractivity contribution in [3.05, 3.63) is 71.9 Å². The summed E-state index contributed by atoms with van der Waals surface area (Å²) in [6.45, 7) is 5.27. The second-order valence-corrected chi connectivity index (χ2v) is 9.97. The molecule has 0 bridgehead atoms. The third-order valence-corrected chi connectivity index (χ3v) is 6.84. The fraction of sp³-hybridized carbons (Fsp3) is 0.379. The number of ketones is 2. The Morgan fingerprint density at radius 3 is 2.39 bits per heavy atom. The average molecular weight is 520 g/mol. The minimum atomic E-state index is -0.868. The van der Waals surface area contributed by atoms with Crippen molar-refractivity contribution < 1.29 is 28.7 Å². The number of benzene rings is 2. The van der Waals surface area contributed by atoms with Gasteiger partial charge in [-0.1, -0.05) is 48.5 Å². The van der Waals surface area contributed by atoms with Gasteiger partial charge < -0.3 is 25.1 Å². The predicted molar refractivity (Wildman–Crippen MR) is 141 cm³/mol. The number of carbonyl (C=O) groups is 4. The molecule has 4 rings (SSSR count). The first-order valence-electron chi connectivity index (χ1n) is 12.7. The highest BCUT2D eigenvalue weighted by molar-refractivity contribution is 5.97. The van der Waals surface area contributed by atoms with Crippen LogP contribution in [0.2, 0.25) is 0 Å². The highest BCUT2D eigenvalue weighted by atomic mass is 16.6. The van der Waals surface area contributed by atoms with E-state index in [4.69, 9.17) is 9.47 Å². The SMILES string of the molecule is C[C@H](NC(=O)OCc1ccccc1)C(=O)C[C@@H](Cc1c[nH]c2ccccc12)C(=O)N[C@@H](C)C(=O)C1(C)CO1. The normalized spacial score (nSPS) is 18.7. The zero-order valence-electron chi connectivity index (χ0n) is 21.8. The molecule has 9 heteroatoms. The second kappa shape index (κ2) is 11.6. The van der Waals surface area contributed by atoms with Crippen LogP contribution in [-0.4, -0.2) is 52.8 Å². The second-order valence-electron chi connectivity index (χ2n) is 9.97. The summed E-state index contributed by atoms with van der Waals surface area (Å²) in [7, 11) is 0. The van der Waals surface area contributed by atoms with Gasteiger partial charge in [-0.05, 0) is 44.4 Å². The van der Waals surface area contributed by atoms with Crippen LogP contribution in [0.3, 0.4) is 0 Å². The van der Waals surface area contributed by atoms with Gasteiger partial charge in [-0.2, -0.15) is 0 Å². The Labute approximate surface area is 221 Å². The fourth-order valence-corrected chi connectivity index (χ4v) is 4.37. The van der Waals surface area contributed by atoms with Crippen LogP contribution in [0.4, 0.5) is 4.79 Å². The Hall–Kier alpha value is -3.98. The van der Waals surface area contributed by atoms with Crippen molar-refractivity contribution >= 4 is 34.5 Å². The van der Waals surface area contributed by atoms with E-state index in [9.17, 15) is 19.2 Å². The lowest BCUT2D eigenvalue weighted by Gasteiger charge is -2.22. The Morgan fingerprint density at radius 2 is 1.68 bits per heavy atom. The van der Waals surface area contributed by atoms with Crippen molar-refractivity contribution in [2.75, 3.05) is 6.61 Å². The van der Waals surface area contributed by atoms with Gasteiger partial charge >= 0.3 is 6.09 Å². The molecule has 1 saturated heterocycles. The van der Waals surface area contributed by atoms with E-state index in [1.54, 1.807) is 20.8 Å². The third-order valence-electron chi connectivity index (χ3n) is 6.84.